The molecular weight excluding hydrogens is 326 g/mol. The zero-order chi connectivity index (χ0) is 17.6. The van der Waals surface area contributed by atoms with Gasteiger partial charge in [-0.05, 0) is 35.4 Å². The maximum atomic E-state index is 13.2. The van der Waals surface area contributed by atoms with Crippen molar-refractivity contribution < 1.29 is 18.6 Å². The summed E-state index contributed by atoms with van der Waals surface area (Å²) >= 11 is 0. The minimum absolute atomic E-state index is 0.0671. The molecule has 1 atom stereocenters. The largest absolute Gasteiger partial charge is 0.389 e. The summed E-state index contributed by atoms with van der Waals surface area (Å²) in [5.41, 5.74) is 1.45. The first-order valence-corrected chi connectivity index (χ1v) is 7.88. The van der Waals surface area contributed by atoms with Crippen molar-refractivity contribution >= 4 is 0 Å². The molecule has 2 aromatic carbocycles. The maximum absolute atomic E-state index is 13.2. The van der Waals surface area contributed by atoms with E-state index in [0.29, 0.717) is 6.54 Å². The zero-order valence-electron chi connectivity index (χ0n) is 13.4. The summed E-state index contributed by atoms with van der Waals surface area (Å²) in [6.45, 7) is 0.414. The SMILES string of the molecule is O[C@@H](COC(c1ccc(F)cc1)c1ccc(F)cc1)Cn1ccnc1. The molecule has 0 aliphatic carbocycles. The fourth-order valence-electron chi connectivity index (χ4n) is 2.56. The van der Waals surface area contributed by atoms with Crippen molar-refractivity contribution in [2.45, 2.75) is 18.8 Å². The van der Waals surface area contributed by atoms with Gasteiger partial charge in [0.05, 0.1) is 25.6 Å². The smallest absolute Gasteiger partial charge is 0.123 e. The Morgan fingerprint density at radius 3 is 2.00 bits per heavy atom. The van der Waals surface area contributed by atoms with Gasteiger partial charge in [0.15, 0.2) is 0 Å². The summed E-state index contributed by atoms with van der Waals surface area (Å²) in [7, 11) is 0. The lowest BCUT2D eigenvalue weighted by atomic mass is 10.0. The van der Waals surface area contributed by atoms with Gasteiger partial charge in [0.2, 0.25) is 0 Å². The molecule has 0 amide bonds. The van der Waals surface area contributed by atoms with Crippen LogP contribution in [0.25, 0.3) is 0 Å². The van der Waals surface area contributed by atoms with Gasteiger partial charge in [-0.2, -0.15) is 0 Å². The predicted molar refractivity (Wildman–Crippen MR) is 88.8 cm³/mol. The quantitative estimate of drug-likeness (QED) is 0.715. The molecule has 130 valence electrons. The lowest BCUT2D eigenvalue weighted by Gasteiger charge is -2.21. The van der Waals surface area contributed by atoms with Crippen molar-refractivity contribution in [3.8, 4) is 0 Å². The minimum Gasteiger partial charge on any atom is -0.389 e. The molecule has 1 heterocycles. The molecule has 1 aromatic heterocycles. The van der Waals surface area contributed by atoms with Gasteiger partial charge in [0.25, 0.3) is 0 Å². The number of hydrogen-bond donors (Lipinski definition) is 1. The number of benzene rings is 2. The summed E-state index contributed by atoms with van der Waals surface area (Å²) in [5.74, 6) is -0.691. The van der Waals surface area contributed by atoms with E-state index >= 15 is 0 Å². The first-order valence-electron chi connectivity index (χ1n) is 7.88. The highest BCUT2D eigenvalue weighted by Crippen LogP contribution is 2.26. The highest BCUT2D eigenvalue weighted by molar-refractivity contribution is 5.30. The first kappa shape index (κ1) is 17.3. The average Bonchev–Trinajstić information content (AvgIpc) is 3.11. The molecule has 0 fully saturated rings. The standard InChI is InChI=1S/C19H18F2N2O2/c20-16-5-1-14(2-6-16)19(15-3-7-17(21)8-4-15)25-12-18(24)11-23-10-9-22-13-23/h1-10,13,18-19,24H,11-12H2/t18-/m1/s1. The van der Waals surface area contributed by atoms with Crippen molar-refractivity contribution in [2.75, 3.05) is 6.61 Å². The molecule has 6 heteroatoms. The number of nitrogens with zero attached hydrogens (tertiary/aromatic N) is 2. The molecule has 25 heavy (non-hydrogen) atoms. The van der Waals surface area contributed by atoms with Crippen LogP contribution in [-0.2, 0) is 11.3 Å². The topological polar surface area (TPSA) is 47.3 Å². The average molecular weight is 344 g/mol. The van der Waals surface area contributed by atoms with Crippen LogP contribution in [0.15, 0.2) is 67.3 Å². The normalized spacial score (nSPS) is 12.5. The predicted octanol–water partition coefficient (Wildman–Crippen LogP) is 3.33. The fraction of sp³-hybridized carbons (Fsp3) is 0.211. The second kappa shape index (κ2) is 8.00. The lowest BCUT2D eigenvalue weighted by molar-refractivity contribution is -0.000618. The van der Waals surface area contributed by atoms with Crippen LogP contribution in [-0.4, -0.2) is 27.4 Å². The summed E-state index contributed by atoms with van der Waals surface area (Å²) < 4.78 is 34.0. The van der Waals surface area contributed by atoms with Gasteiger partial charge in [-0.1, -0.05) is 24.3 Å². The van der Waals surface area contributed by atoms with E-state index in [1.54, 1.807) is 47.6 Å². The number of imidazole rings is 1. The molecule has 0 saturated heterocycles. The van der Waals surface area contributed by atoms with Crippen molar-refractivity contribution in [1.29, 1.82) is 0 Å². The van der Waals surface area contributed by atoms with E-state index in [1.807, 2.05) is 0 Å². The van der Waals surface area contributed by atoms with E-state index in [0.717, 1.165) is 11.1 Å². The zero-order valence-corrected chi connectivity index (χ0v) is 13.4. The molecule has 0 saturated carbocycles. The highest BCUT2D eigenvalue weighted by atomic mass is 19.1. The molecule has 0 aliphatic rings. The summed E-state index contributed by atoms with van der Waals surface area (Å²) in [6.07, 6.45) is 3.73. The van der Waals surface area contributed by atoms with E-state index in [1.165, 1.54) is 24.3 Å². The van der Waals surface area contributed by atoms with Gasteiger partial charge in [-0.15, -0.1) is 0 Å². The first-order chi connectivity index (χ1) is 12.1. The Kier molecular flexibility index (Phi) is 5.53. The highest BCUT2D eigenvalue weighted by Gasteiger charge is 2.17. The van der Waals surface area contributed by atoms with Gasteiger partial charge < -0.3 is 14.4 Å². The van der Waals surface area contributed by atoms with Crippen molar-refractivity contribution in [3.63, 3.8) is 0 Å². The van der Waals surface area contributed by atoms with Gasteiger partial charge in [-0.25, -0.2) is 13.8 Å². The lowest BCUT2D eigenvalue weighted by Crippen LogP contribution is -2.23. The van der Waals surface area contributed by atoms with Crippen LogP contribution in [0.1, 0.15) is 17.2 Å². The van der Waals surface area contributed by atoms with Crippen LogP contribution in [0.3, 0.4) is 0 Å². The molecule has 3 aromatic rings. The van der Waals surface area contributed by atoms with E-state index in [2.05, 4.69) is 4.98 Å². The van der Waals surface area contributed by atoms with Crippen LogP contribution in [0.5, 0.6) is 0 Å². The van der Waals surface area contributed by atoms with Gasteiger partial charge >= 0.3 is 0 Å². The molecule has 0 radical (unpaired) electrons. The molecule has 4 nitrogen and oxygen atoms in total. The summed E-state index contributed by atoms with van der Waals surface area (Å²) in [5, 5.41) is 10.2. The minimum atomic E-state index is -0.738. The summed E-state index contributed by atoms with van der Waals surface area (Å²) in [6, 6.07) is 11.8. The summed E-state index contributed by atoms with van der Waals surface area (Å²) in [4.78, 5) is 3.92. The third-order valence-electron chi connectivity index (χ3n) is 3.78. The number of hydrogen-bond acceptors (Lipinski definition) is 3. The number of halogens is 2. The van der Waals surface area contributed by atoms with Crippen LogP contribution in [0.4, 0.5) is 8.78 Å². The van der Waals surface area contributed by atoms with Gasteiger partial charge in [0.1, 0.15) is 17.7 Å². The molecule has 3 rings (SSSR count). The van der Waals surface area contributed by atoms with Crippen molar-refractivity contribution in [3.05, 3.63) is 90.0 Å². The van der Waals surface area contributed by atoms with Crippen molar-refractivity contribution in [1.82, 2.24) is 9.55 Å². The Hall–Kier alpha value is -2.57. The molecule has 0 unspecified atom stereocenters. The van der Waals surface area contributed by atoms with E-state index in [9.17, 15) is 13.9 Å². The number of ether oxygens (including phenoxy) is 1. The molecule has 1 N–H and O–H groups in total. The Labute approximate surface area is 144 Å². The second-order valence-corrected chi connectivity index (χ2v) is 5.73. The van der Waals surface area contributed by atoms with Gasteiger partial charge in [0, 0.05) is 12.4 Å². The fourth-order valence-corrected chi connectivity index (χ4v) is 2.56. The molecule has 0 spiro atoms. The van der Waals surface area contributed by atoms with Crippen molar-refractivity contribution in [2.24, 2.45) is 0 Å². The molecule has 0 bridgehead atoms. The number of aliphatic hydroxyl groups is 1. The van der Waals surface area contributed by atoms with E-state index in [4.69, 9.17) is 4.74 Å². The molecular formula is C19H18F2N2O2. The Balaban J connectivity index is 1.74. The van der Waals surface area contributed by atoms with Gasteiger partial charge in [-0.3, -0.25) is 0 Å². The monoisotopic (exact) mass is 344 g/mol. The second-order valence-electron chi connectivity index (χ2n) is 5.73. The Morgan fingerprint density at radius 2 is 1.52 bits per heavy atom. The van der Waals surface area contributed by atoms with Crippen LogP contribution < -0.4 is 0 Å². The maximum Gasteiger partial charge on any atom is 0.123 e. The van der Waals surface area contributed by atoms with Crippen LogP contribution in [0, 0.1) is 11.6 Å². The third kappa shape index (κ3) is 4.71. The Bertz CT molecular complexity index is 729. The van der Waals surface area contributed by atoms with Crippen LogP contribution in [0.2, 0.25) is 0 Å². The van der Waals surface area contributed by atoms with Crippen LogP contribution >= 0.6 is 0 Å². The number of aliphatic hydroxyl groups excluding tert-OH is 1. The van der Waals surface area contributed by atoms with E-state index in [-0.39, 0.29) is 18.2 Å². The molecule has 0 aliphatic heterocycles. The third-order valence-corrected chi connectivity index (χ3v) is 3.78. The Morgan fingerprint density at radius 1 is 0.960 bits per heavy atom. The number of aromatic nitrogens is 2. The number of rotatable bonds is 7. The van der Waals surface area contributed by atoms with E-state index < -0.39 is 12.2 Å².